The highest BCUT2D eigenvalue weighted by Gasteiger charge is 2.14. The summed E-state index contributed by atoms with van der Waals surface area (Å²) in [5, 5.41) is 16.9. The molecule has 2 N–H and O–H groups in total. The molecule has 2 aromatic rings. The molecule has 0 radical (unpaired) electrons. The lowest BCUT2D eigenvalue weighted by molar-refractivity contribution is -0.385. The average molecular weight is 374 g/mol. The Hall–Kier alpha value is -3.82. The summed E-state index contributed by atoms with van der Waals surface area (Å²) >= 11 is 0. The summed E-state index contributed by atoms with van der Waals surface area (Å²) in [6, 6.07) is 9.19. The summed E-state index contributed by atoms with van der Waals surface area (Å²) in [5.74, 6) is -1.70. The van der Waals surface area contributed by atoms with Gasteiger partial charge < -0.3 is 10.1 Å². The summed E-state index contributed by atoms with van der Waals surface area (Å²) in [6.07, 6.45) is 1.21. The molecule has 0 fully saturated rings. The second kappa shape index (κ2) is 9.04. The lowest BCUT2D eigenvalue weighted by Crippen LogP contribution is -2.34. The van der Waals surface area contributed by atoms with Crippen molar-refractivity contribution in [3.8, 4) is 5.75 Å². The van der Waals surface area contributed by atoms with E-state index in [9.17, 15) is 24.1 Å². The summed E-state index contributed by atoms with van der Waals surface area (Å²) < 4.78 is 17.9. The lowest BCUT2D eigenvalue weighted by atomic mass is 10.2. The Morgan fingerprint density at radius 3 is 2.74 bits per heavy atom. The van der Waals surface area contributed by atoms with E-state index in [1.54, 1.807) is 0 Å². The van der Waals surface area contributed by atoms with E-state index in [2.05, 4.69) is 15.8 Å². The molecule has 2 amide bonds. The monoisotopic (exact) mass is 374 g/mol. The number of rotatable bonds is 7. The molecule has 0 aliphatic carbocycles. The molecule has 0 aromatic heterocycles. The Bertz CT molecular complexity index is 901. The van der Waals surface area contributed by atoms with Crippen LogP contribution in [0.3, 0.4) is 0 Å². The Balaban J connectivity index is 1.89. The summed E-state index contributed by atoms with van der Waals surface area (Å²) in [6.45, 7) is -0.380. The standard InChI is InChI=1S/C17H15FN4O5/c1-27-15-6-5-11(7-14(15)22(25)26)9-20-21-16(23)10-19-17(24)12-3-2-4-13(18)8-12/h2-9H,10H2,1H3,(H,19,24)(H,21,23)/b20-9+. The van der Waals surface area contributed by atoms with Crippen molar-refractivity contribution in [1.82, 2.24) is 10.7 Å². The number of hydrogen-bond acceptors (Lipinski definition) is 6. The summed E-state index contributed by atoms with van der Waals surface area (Å²) in [5.41, 5.74) is 2.37. The third-order valence-electron chi connectivity index (χ3n) is 3.30. The zero-order valence-electron chi connectivity index (χ0n) is 14.1. The van der Waals surface area contributed by atoms with Crippen molar-refractivity contribution in [1.29, 1.82) is 0 Å². The van der Waals surface area contributed by atoms with Crippen LogP contribution in [0.1, 0.15) is 15.9 Å². The highest BCUT2D eigenvalue weighted by molar-refractivity contribution is 5.96. The summed E-state index contributed by atoms with van der Waals surface area (Å²) in [7, 11) is 1.31. The quantitative estimate of drug-likeness (QED) is 0.433. The lowest BCUT2D eigenvalue weighted by Gasteiger charge is -2.04. The van der Waals surface area contributed by atoms with Gasteiger partial charge in [-0.1, -0.05) is 6.07 Å². The highest BCUT2D eigenvalue weighted by Crippen LogP contribution is 2.26. The molecule has 0 bridgehead atoms. The van der Waals surface area contributed by atoms with E-state index >= 15 is 0 Å². The summed E-state index contributed by atoms with van der Waals surface area (Å²) in [4.78, 5) is 33.8. The Morgan fingerprint density at radius 2 is 2.07 bits per heavy atom. The van der Waals surface area contributed by atoms with E-state index in [1.807, 2.05) is 0 Å². The molecule has 2 aromatic carbocycles. The molecule has 10 heteroatoms. The van der Waals surface area contributed by atoms with E-state index in [-0.39, 0.29) is 23.5 Å². The van der Waals surface area contributed by atoms with Crippen molar-refractivity contribution in [2.75, 3.05) is 13.7 Å². The van der Waals surface area contributed by atoms with Crippen LogP contribution in [0.2, 0.25) is 0 Å². The third-order valence-corrected chi connectivity index (χ3v) is 3.30. The normalized spacial score (nSPS) is 10.4. The molecule has 0 saturated carbocycles. The molecule has 0 saturated heterocycles. The minimum absolute atomic E-state index is 0.0804. The fourth-order valence-corrected chi connectivity index (χ4v) is 2.04. The van der Waals surface area contributed by atoms with Gasteiger partial charge in [0.15, 0.2) is 5.75 Å². The first-order valence-electron chi connectivity index (χ1n) is 7.59. The van der Waals surface area contributed by atoms with Gasteiger partial charge in [-0.3, -0.25) is 19.7 Å². The van der Waals surface area contributed by atoms with Crippen molar-refractivity contribution < 1.29 is 23.6 Å². The number of benzene rings is 2. The maximum atomic E-state index is 13.1. The maximum absolute atomic E-state index is 13.1. The van der Waals surface area contributed by atoms with E-state index in [1.165, 1.54) is 49.7 Å². The van der Waals surface area contributed by atoms with Gasteiger partial charge in [0.05, 0.1) is 24.8 Å². The second-order valence-electron chi connectivity index (χ2n) is 5.17. The number of amides is 2. The number of hydrogen-bond donors (Lipinski definition) is 2. The number of nitro groups is 1. The molecule has 9 nitrogen and oxygen atoms in total. The molecule has 0 aliphatic rings. The smallest absolute Gasteiger partial charge is 0.311 e. The van der Waals surface area contributed by atoms with E-state index in [0.29, 0.717) is 5.56 Å². The van der Waals surface area contributed by atoms with Crippen LogP contribution >= 0.6 is 0 Å². The van der Waals surface area contributed by atoms with Crippen LogP contribution in [0.4, 0.5) is 10.1 Å². The van der Waals surface area contributed by atoms with Gasteiger partial charge in [0.1, 0.15) is 5.82 Å². The molecular weight excluding hydrogens is 359 g/mol. The van der Waals surface area contributed by atoms with Gasteiger partial charge in [-0.15, -0.1) is 0 Å². The van der Waals surface area contributed by atoms with Crippen LogP contribution < -0.4 is 15.5 Å². The van der Waals surface area contributed by atoms with Crippen LogP contribution in [0.15, 0.2) is 47.6 Å². The number of ether oxygens (including phenoxy) is 1. The van der Waals surface area contributed by atoms with Gasteiger partial charge in [-0.2, -0.15) is 5.10 Å². The molecule has 140 valence electrons. The van der Waals surface area contributed by atoms with Crippen molar-refractivity contribution in [3.63, 3.8) is 0 Å². The number of methoxy groups -OCH3 is 1. The topological polar surface area (TPSA) is 123 Å². The van der Waals surface area contributed by atoms with Crippen LogP contribution in [0.5, 0.6) is 5.75 Å². The molecular formula is C17H15FN4O5. The maximum Gasteiger partial charge on any atom is 0.311 e. The van der Waals surface area contributed by atoms with Gasteiger partial charge in [0.25, 0.3) is 11.8 Å². The van der Waals surface area contributed by atoms with Gasteiger partial charge in [0, 0.05) is 17.2 Å². The third kappa shape index (κ3) is 5.59. The van der Waals surface area contributed by atoms with Crippen LogP contribution in [-0.4, -0.2) is 36.6 Å². The number of halogens is 1. The average Bonchev–Trinajstić information content (AvgIpc) is 2.66. The first-order valence-corrected chi connectivity index (χ1v) is 7.59. The highest BCUT2D eigenvalue weighted by atomic mass is 19.1. The molecule has 2 rings (SSSR count). The molecule has 0 aliphatic heterocycles. The number of nitrogens with one attached hydrogen (secondary N) is 2. The predicted octanol–water partition coefficient (Wildman–Crippen LogP) is 1.62. The first kappa shape index (κ1) is 19.5. The van der Waals surface area contributed by atoms with Crippen LogP contribution in [0.25, 0.3) is 0 Å². The van der Waals surface area contributed by atoms with Gasteiger partial charge in [-0.05, 0) is 30.3 Å². The number of nitro benzene ring substituents is 1. The van der Waals surface area contributed by atoms with Gasteiger partial charge >= 0.3 is 5.69 Å². The number of nitrogens with zero attached hydrogens (tertiary/aromatic N) is 2. The van der Waals surface area contributed by atoms with E-state index < -0.39 is 22.6 Å². The van der Waals surface area contributed by atoms with Gasteiger partial charge in [-0.25, -0.2) is 9.82 Å². The fraction of sp³-hybridized carbons (Fsp3) is 0.118. The van der Waals surface area contributed by atoms with E-state index in [4.69, 9.17) is 4.74 Å². The minimum Gasteiger partial charge on any atom is -0.490 e. The van der Waals surface area contributed by atoms with Crippen molar-refractivity contribution >= 4 is 23.7 Å². The Labute approximate surface area is 153 Å². The van der Waals surface area contributed by atoms with Crippen molar-refractivity contribution in [2.45, 2.75) is 0 Å². The van der Waals surface area contributed by atoms with Crippen molar-refractivity contribution in [2.24, 2.45) is 5.10 Å². The van der Waals surface area contributed by atoms with Gasteiger partial charge in [0.2, 0.25) is 0 Å². The van der Waals surface area contributed by atoms with Crippen LogP contribution in [-0.2, 0) is 4.79 Å². The number of hydrazone groups is 1. The molecule has 27 heavy (non-hydrogen) atoms. The molecule has 0 atom stereocenters. The molecule has 0 unspecified atom stereocenters. The largest absolute Gasteiger partial charge is 0.490 e. The second-order valence-corrected chi connectivity index (χ2v) is 5.17. The Kier molecular flexibility index (Phi) is 6.53. The number of carbonyl (C=O) groups is 2. The van der Waals surface area contributed by atoms with Crippen molar-refractivity contribution in [3.05, 3.63) is 69.5 Å². The fourth-order valence-electron chi connectivity index (χ4n) is 2.04. The predicted molar refractivity (Wildman–Crippen MR) is 94.1 cm³/mol. The zero-order valence-corrected chi connectivity index (χ0v) is 14.1. The number of carbonyl (C=O) groups excluding carboxylic acids is 2. The molecule has 0 spiro atoms. The SMILES string of the molecule is COc1ccc(/C=N/NC(=O)CNC(=O)c2cccc(F)c2)cc1[N+](=O)[O-]. The minimum atomic E-state index is -0.626. The molecule has 0 heterocycles. The first-order chi connectivity index (χ1) is 12.9. The Morgan fingerprint density at radius 1 is 1.30 bits per heavy atom. The zero-order chi connectivity index (χ0) is 19.8. The van der Waals surface area contributed by atoms with E-state index in [0.717, 1.165) is 6.07 Å². The van der Waals surface area contributed by atoms with Crippen LogP contribution in [0, 0.1) is 15.9 Å².